The van der Waals surface area contributed by atoms with E-state index in [1.807, 2.05) is 35.0 Å². The number of benzene rings is 1. The van der Waals surface area contributed by atoms with E-state index in [2.05, 4.69) is 47.9 Å². The Morgan fingerprint density at radius 3 is 1.26 bits per heavy atom. The zero-order valence-corrected chi connectivity index (χ0v) is 60.7. The minimum Gasteiger partial charge on any atom is -0.394 e. The molecule has 18 atom stereocenters. The normalized spacial score (nSPS) is 25.2. The second-order valence-electron chi connectivity index (χ2n) is 26.0. The van der Waals surface area contributed by atoms with Gasteiger partial charge in [-0.1, -0.05) is 31.0 Å². The summed E-state index contributed by atoms with van der Waals surface area (Å²) in [6.07, 6.45) is -13.3. The summed E-state index contributed by atoms with van der Waals surface area (Å²) in [4.78, 5) is 116. The van der Waals surface area contributed by atoms with Gasteiger partial charge < -0.3 is 151 Å². The fourth-order valence-corrected chi connectivity index (χ4v) is 12.0. The Kier molecular flexibility index (Phi) is 41.9. The molecule has 3 fully saturated rings. The van der Waals surface area contributed by atoms with Gasteiger partial charge in [-0.25, -0.2) is 0 Å². The number of aromatic nitrogens is 1. The molecule has 5 rings (SSSR count). The van der Waals surface area contributed by atoms with Crippen LogP contribution in [-0.4, -0.2) is 336 Å². The molecule has 3 aliphatic heterocycles. The molecule has 17 unspecified atom stereocenters. The number of nitrogens with zero attached hydrogens (tertiary/aromatic N) is 1. The summed E-state index contributed by atoms with van der Waals surface area (Å²) in [6, 6.07) is 1.51. The molecule has 0 spiro atoms. The van der Waals surface area contributed by atoms with Gasteiger partial charge in [-0.3, -0.25) is 43.2 Å². The van der Waals surface area contributed by atoms with Gasteiger partial charge in [0, 0.05) is 89.7 Å². The van der Waals surface area contributed by atoms with Crippen molar-refractivity contribution < 1.29 is 142 Å². The number of aliphatic hydroxyl groups is 11. The highest BCUT2D eigenvalue weighted by Crippen LogP contribution is 2.27. The van der Waals surface area contributed by atoms with E-state index < -0.39 is 184 Å². The molecule has 1 aromatic carbocycles. The summed E-state index contributed by atoms with van der Waals surface area (Å²) >= 11 is 0. The first kappa shape index (κ1) is 90.8. The Labute approximate surface area is 619 Å². The fraction of sp³-hybridized carbons (Fsp3) is 0.750. The number of unbranched alkanes of at least 4 members (excludes halogenated alkanes) is 3. The second kappa shape index (κ2) is 49.4. The van der Waals surface area contributed by atoms with E-state index in [1.165, 1.54) is 20.8 Å². The Morgan fingerprint density at radius 1 is 0.458 bits per heavy atom. The number of aliphatic hydroxyl groups excluding tert-OH is 11. The number of hydrogen-bond acceptors (Lipinski definition) is 29. The third kappa shape index (κ3) is 31.6. The first-order chi connectivity index (χ1) is 51.3. The van der Waals surface area contributed by atoms with Crippen molar-refractivity contribution in [3.63, 3.8) is 0 Å². The van der Waals surface area contributed by atoms with E-state index in [0.717, 1.165) is 16.5 Å². The number of ether oxygens (including phenoxy) is 9. The van der Waals surface area contributed by atoms with Crippen LogP contribution < -0.4 is 47.9 Å². The quantitative estimate of drug-likeness (QED) is 0.0274. The summed E-state index contributed by atoms with van der Waals surface area (Å²) in [5.41, 5.74) is 1.98. The standard InChI is InChI=1S/C68H112N10O29/c1-39(83)73-55-61(94)58(91)48(36-80)105-66(55)102-30-27-99-24-21-70-52(88)18-16-45(64(97)71-22-25-100-28-31-103-67-56(74-40(2)84)62(95)59(92)49(37-81)106-67)77-54(90)19-17-46(65(98)72-23-26-101-29-32-104-68-57(75-41(3)85)63(96)60(93)50(38-82)107-68)76-53(89)15-7-5-4-6-14-51(87)69-20-10-11-42-33-78(34-43(86)35-79)47-13-9-8-12-44(42)47/h8-9,12-13,33,43,45-46,48-50,55-63,66-68,79-82,86,91-96H,4-7,10-11,14-32,34-38H2,1-3H3,(H,69,87)(H,70,88)(H,71,97)(H,72,98)(H,73,83)(H,74,84)(H,75,85)(H,76,89)(H,77,90)/t43-,45?,46?,48?,49?,50?,55?,56?,57?,58?,59?,60?,61?,62?,63?,66?,67?,68?/m1/s1. The number of aryl methyl sites for hydroxylation is 1. The summed E-state index contributed by atoms with van der Waals surface area (Å²) < 4.78 is 52.3. The van der Waals surface area contributed by atoms with Crippen molar-refractivity contribution in [2.75, 3.05) is 112 Å². The number of carbonyl (C=O) groups is 9. The number of carbonyl (C=O) groups excluding carboxylic acids is 9. The van der Waals surface area contributed by atoms with Crippen LogP contribution in [0.15, 0.2) is 30.5 Å². The molecular formula is C68H112N10O29. The SMILES string of the molecule is CC(=O)NC1C(OCCOCCNC(=O)CCC(NC(=O)CCC(NC(=O)CCCCCCC(=O)NCCCc2cn(C[C@@H](O)CO)c3ccccc23)C(=O)NCCOCCOC2OC(CO)C(O)C(O)C2NC(C)=O)C(=O)NCCOCCOC2OC(CO)C(O)C(O)C2NC(C)=O)OC(CO)C(O)C1O. The molecular weight excluding hydrogens is 1420 g/mol. The van der Waals surface area contributed by atoms with Gasteiger partial charge in [0.15, 0.2) is 18.9 Å². The van der Waals surface area contributed by atoms with Gasteiger partial charge >= 0.3 is 0 Å². The van der Waals surface area contributed by atoms with E-state index in [9.17, 15) is 99.3 Å². The average molecular weight is 1530 g/mol. The molecule has 608 valence electrons. The average Bonchev–Trinajstić information content (AvgIpc) is 1.79. The molecule has 9 amide bonds. The number of para-hydroxylation sites is 1. The van der Waals surface area contributed by atoms with Crippen molar-refractivity contribution in [1.82, 2.24) is 52.4 Å². The van der Waals surface area contributed by atoms with Crippen molar-refractivity contribution in [3.8, 4) is 0 Å². The zero-order valence-electron chi connectivity index (χ0n) is 60.7. The lowest BCUT2D eigenvalue weighted by molar-refractivity contribution is -0.272. The largest absolute Gasteiger partial charge is 0.394 e. The summed E-state index contributed by atoms with van der Waals surface area (Å²) in [7, 11) is 0. The zero-order chi connectivity index (χ0) is 78.4. The van der Waals surface area contributed by atoms with Crippen molar-refractivity contribution in [1.29, 1.82) is 0 Å². The van der Waals surface area contributed by atoms with Gasteiger partial charge in [-0.15, -0.1) is 0 Å². The minimum absolute atomic E-state index is 0.0268. The van der Waals surface area contributed by atoms with Crippen LogP contribution in [0, 0.1) is 0 Å². The van der Waals surface area contributed by atoms with Crippen molar-refractivity contribution in [2.45, 2.75) is 214 Å². The number of nitrogens with one attached hydrogen (secondary N) is 9. The van der Waals surface area contributed by atoms with Gasteiger partial charge in [0.2, 0.25) is 53.2 Å². The highest BCUT2D eigenvalue weighted by Gasteiger charge is 2.48. The molecule has 4 heterocycles. The van der Waals surface area contributed by atoms with Gasteiger partial charge in [0.25, 0.3) is 0 Å². The summed E-state index contributed by atoms with van der Waals surface area (Å²) in [6.45, 7) is 0.568. The third-order valence-electron chi connectivity index (χ3n) is 17.6. The highest BCUT2D eigenvalue weighted by atomic mass is 16.7. The number of fused-ring (bicyclic) bond motifs is 1. The first-order valence-electron chi connectivity index (χ1n) is 36.1. The second-order valence-corrected chi connectivity index (χ2v) is 26.0. The molecule has 39 nitrogen and oxygen atoms in total. The maximum absolute atomic E-state index is 13.8. The van der Waals surface area contributed by atoms with Crippen molar-refractivity contribution in [2.24, 2.45) is 0 Å². The Morgan fingerprint density at radius 2 is 0.841 bits per heavy atom. The summed E-state index contributed by atoms with van der Waals surface area (Å²) in [5.74, 6) is -5.08. The topological polar surface area (TPSA) is 572 Å². The Hall–Kier alpha value is -6.81. The summed E-state index contributed by atoms with van der Waals surface area (Å²) in [5, 5.41) is 136. The molecule has 0 saturated carbocycles. The van der Waals surface area contributed by atoms with Gasteiger partial charge in [0.05, 0.1) is 98.5 Å². The first-order valence-corrected chi connectivity index (χ1v) is 36.1. The van der Waals surface area contributed by atoms with E-state index >= 15 is 0 Å². The van der Waals surface area contributed by atoms with E-state index in [1.54, 1.807) is 0 Å². The molecule has 3 aliphatic rings. The van der Waals surface area contributed by atoms with E-state index in [-0.39, 0.29) is 130 Å². The lowest BCUT2D eigenvalue weighted by Crippen LogP contribution is -2.64. The van der Waals surface area contributed by atoms with Crippen LogP contribution >= 0.6 is 0 Å². The third-order valence-corrected chi connectivity index (χ3v) is 17.6. The van der Waals surface area contributed by atoms with Crippen molar-refractivity contribution >= 4 is 64.1 Å². The maximum atomic E-state index is 13.8. The van der Waals surface area contributed by atoms with Crippen LogP contribution in [0.1, 0.15) is 97.0 Å². The van der Waals surface area contributed by atoms with Gasteiger partial charge in [-0.2, -0.15) is 0 Å². The highest BCUT2D eigenvalue weighted by molar-refractivity contribution is 5.90. The van der Waals surface area contributed by atoms with Crippen LogP contribution in [-0.2, 0) is 98.7 Å². The van der Waals surface area contributed by atoms with Crippen LogP contribution in [0.25, 0.3) is 10.9 Å². The van der Waals surface area contributed by atoms with Gasteiger partial charge in [0.1, 0.15) is 85.1 Å². The van der Waals surface area contributed by atoms with Crippen LogP contribution in [0.5, 0.6) is 0 Å². The number of amides is 9. The predicted molar refractivity (Wildman–Crippen MR) is 372 cm³/mol. The molecule has 20 N–H and O–H groups in total. The van der Waals surface area contributed by atoms with Crippen LogP contribution in [0.4, 0.5) is 0 Å². The van der Waals surface area contributed by atoms with Crippen LogP contribution in [0.2, 0.25) is 0 Å². The molecule has 3 saturated heterocycles. The smallest absolute Gasteiger partial charge is 0.242 e. The minimum atomic E-state index is -1.55. The monoisotopic (exact) mass is 1530 g/mol. The molecule has 2 aromatic rings. The van der Waals surface area contributed by atoms with Crippen LogP contribution in [0.3, 0.4) is 0 Å². The van der Waals surface area contributed by atoms with Crippen molar-refractivity contribution in [3.05, 3.63) is 36.0 Å². The van der Waals surface area contributed by atoms with E-state index in [4.69, 9.17) is 42.6 Å². The molecule has 107 heavy (non-hydrogen) atoms. The lowest BCUT2D eigenvalue weighted by Gasteiger charge is -2.42. The number of rotatable bonds is 51. The molecule has 0 radical (unpaired) electrons. The molecule has 1 aromatic heterocycles. The molecule has 0 bridgehead atoms. The Bertz CT molecular complexity index is 3030. The van der Waals surface area contributed by atoms with E-state index in [0.29, 0.717) is 45.1 Å². The lowest BCUT2D eigenvalue weighted by atomic mass is 9.97. The molecule has 0 aliphatic carbocycles. The van der Waals surface area contributed by atoms with Gasteiger partial charge in [-0.05, 0) is 50.2 Å². The predicted octanol–water partition coefficient (Wildman–Crippen LogP) is -7.81. The Balaban J connectivity index is 1.15. The number of hydrogen-bond donors (Lipinski definition) is 20. The maximum Gasteiger partial charge on any atom is 0.242 e. The molecule has 39 heteroatoms. The fourth-order valence-electron chi connectivity index (χ4n) is 12.0.